The molecule has 0 spiro atoms. The number of hydrogen-bond donors (Lipinski definition) is 2. The Morgan fingerprint density at radius 2 is 2.00 bits per heavy atom. The van der Waals surface area contributed by atoms with E-state index in [2.05, 4.69) is 4.98 Å². The van der Waals surface area contributed by atoms with Gasteiger partial charge in [0.1, 0.15) is 11.6 Å². The van der Waals surface area contributed by atoms with Crippen molar-refractivity contribution < 1.29 is 10.0 Å². The highest BCUT2D eigenvalue weighted by Crippen LogP contribution is 2.21. The molecule has 0 unspecified atom stereocenters. The van der Waals surface area contributed by atoms with Crippen LogP contribution in [0.15, 0.2) is 27.8 Å². The Labute approximate surface area is 104 Å². The number of aromatic amines is 1. The lowest BCUT2D eigenvalue weighted by molar-refractivity contribution is -0.385. The van der Waals surface area contributed by atoms with E-state index in [9.17, 15) is 24.8 Å². The van der Waals surface area contributed by atoms with Crippen LogP contribution in [0.4, 0.5) is 5.69 Å². The fourth-order valence-electron chi connectivity index (χ4n) is 1.59. The van der Waals surface area contributed by atoms with Gasteiger partial charge in [0.2, 0.25) is 0 Å². The van der Waals surface area contributed by atoms with Crippen molar-refractivity contribution in [2.24, 2.45) is 0 Å². The maximum atomic E-state index is 11.7. The first kappa shape index (κ1) is 12.3. The zero-order valence-electron chi connectivity index (χ0n) is 9.21. The van der Waals surface area contributed by atoms with Gasteiger partial charge in [0.15, 0.2) is 11.2 Å². The quantitative estimate of drug-likeness (QED) is 0.560. The summed E-state index contributed by atoms with van der Waals surface area (Å²) < 4.78 is 0. The molecule has 0 aliphatic heterocycles. The number of nitro benzene ring substituents is 1. The number of hydrogen-bond acceptors (Lipinski definition) is 6. The maximum Gasteiger partial charge on any atom is 0.290 e. The van der Waals surface area contributed by atoms with Crippen molar-refractivity contribution in [1.82, 2.24) is 4.98 Å². The molecular weight excluding hydrogens is 254 g/mol. The molecule has 94 valence electrons. The predicted molar refractivity (Wildman–Crippen MR) is 63.9 cm³/mol. The van der Waals surface area contributed by atoms with Gasteiger partial charge >= 0.3 is 0 Å². The molecule has 1 aromatic heterocycles. The van der Waals surface area contributed by atoms with E-state index in [0.29, 0.717) is 6.07 Å². The summed E-state index contributed by atoms with van der Waals surface area (Å²) in [6.45, 7) is 0. The van der Waals surface area contributed by atoms with E-state index in [4.69, 9.17) is 5.26 Å². The number of nitrogens with zero attached hydrogens (tertiary/aromatic N) is 2. The van der Waals surface area contributed by atoms with Crippen molar-refractivity contribution in [2.75, 3.05) is 0 Å². The van der Waals surface area contributed by atoms with Crippen molar-refractivity contribution in [3.05, 3.63) is 54.5 Å². The molecule has 1 aromatic carbocycles. The highest BCUT2D eigenvalue weighted by Gasteiger charge is 2.16. The smallest absolute Gasteiger partial charge is 0.290 e. The van der Waals surface area contributed by atoms with Crippen LogP contribution in [-0.4, -0.2) is 15.0 Å². The molecule has 8 nitrogen and oxygen atoms in total. The lowest BCUT2D eigenvalue weighted by Gasteiger charge is -1.96. The third-order valence-electron chi connectivity index (χ3n) is 2.47. The molecule has 0 amide bonds. The van der Waals surface area contributed by atoms with Gasteiger partial charge < -0.3 is 10.1 Å². The molecule has 2 rings (SSSR count). The first-order valence-corrected chi connectivity index (χ1v) is 4.93. The van der Waals surface area contributed by atoms with E-state index in [1.54, 1.807) is 6.07 Å². The van der Waals surface area contributed by atoms with Crippen LogP contribution in [0.25, 0.3) is 10.9 Å². The van der Waals surface area contributed by atoms with Crippen LogP contribution in [-0.2, 0) is 0 Å². The second kappa shape index (κ2) is 4.23. The Kier molecular flexibility index (Phi) is 2.73. The van der Waals surface area contributed by atoms with Gasteiger partial charge in [0, 0.05) is 17.5 Å². The van der Waals surface area contributed by atoms with E-state index in [0.717, 1.165) is 12.1 Å². The lowest BCUT2D eigenvalue weighted by atomic mass is 10.1. The number of aromatic hydroxyl groups is 1. The van der Waals surface area contributed by atoms with E-state index >= 15 is 0 Å². The predicted octanol–water partition coefficient (Wildman–Crippen LogP) is 0.374. The van der Waals surface area contributed by atoms with Gasteiger partial charge in [-0.05, 0) is 6.07 Å². The summed E-state index contributed by atoms with van der Waals surface area (Å²) in [5.74, 6) is -0.803. The van der Waals surface area contributed by atoms with Crippen molar-refractivity contribution in [3.63, 3.8) is 0 Å². The summed E-state index contributed by atoms with van der Waals surface area (Å²) in [7, 11) is 0. The zero-order chi connectivity index (χ0) is 14.2. The zero-order valence-corrected chi connectivity index (χ0v) is 9.21. The summed E-state index contributed by atoms with van der Waals surface area (Å²) in [6, 6.07) is 4.21. The Balaban J connectivity index is 3.08. The number of nitrogens with one attached hydrogen (secondary N) is 1. The molecule has 19 heavy (non-hydrogen) atoms. The van der Waals surface area contributed by atoms with Crippen LogP contribution >= 0.6 is 0 Å². The van der Waals surface area contributed by atoms with Gasteiger partial charge in [-0.3, -0.25) is 19.7 Å². The molecule has 1 heterocycles. The fraction of sp³-hybridized carbons (Fsp3) is 0. The number of rotatable bonds is 1. The average Bonchev–Trinajstić information content (AvgIpc) is 2.46. The van der Waals surface area contributed by atoms with Gasteiger partial charge in [-0.25, -0.2) is 0 Å². The molecule has 0 radical (unpaired) electrons. The topological polar surface area (TPSA) is 137 Å². The third kappa shape index (κ3) is 2.00. The van der Waals surface area contributed by atoms with E-state index in [-0.39, 0.29) is 16.5 Å². The fourth-order valence-corrected chi connectivity index (χ4v) is 1.59. The molecular formula is C11H5N3O5. The Morgan fingerprint density at radius 3 is 2.58 bits per heavy atom. The van der Waals surface area contributed by atoms with Gasteiger partial charge in [0.25, 0.3) is 11.2 Å². The highest BCUT2D eigenvalue weighted by molar-refractivity contribution is 5.83. The monoisotopic (exact) mass is 259 g/mol. The molecule has 8 heteroatoms. The normalized spacial score (nSPS) is 10.1. The first-order valence-electron chi connectivity index (χ1n) is 4.93. The number of H-pyrrole nitrogens is 1. The van der Waals surface area contributed by atoms with Crippen molar-refractivity contribution in [2.45, 2.75) is 0 Å². The number of aromatic nitrogens is 1. The SMILES string of the molecule is N#Cc1cc2c(=O)cc(O)c(=O)[nH]c2cc1[N+](=O)[O-]. The lowest BCUT2D eigenvalue weighted by Crippen LogP contribution is -2.01. The molecule has 2 N–H and O–H groups in total. The summed E-state index contributed by atoms with van der Waals surface area (Å²) in [5, 5.41) is 28.7. The number of nitro groups is 1. The standard InChI is InChI=1S/C11H5N3O5/c12-4-5-1-6-7(2-8(5)14(18)19)13-11(17)10(16)3-9(6)15/h1-3,16H,(H,13,17). The van der Waals surface area contributed by atoms with E-state index in [1.165, 1.54) is 0 Å². The summed E-state index contributed by atoms with van der Waals surface area (Å²) in [6.07, 6.45) is 0. The van der Waals surface area contributed by atoms with Crippen LogP contribution in [0.1, 0.15) is 5.56 Å². The summed E-state index contributed by atoms with van der Waals surface area (Å²) in [5.41, 5.74) is -2.64. The molecule has 2 aromatic rings. The van der Waals surface area contributed by atoms with Crippen LogP contribution in [0.5, 0.6) is 5.75 Å². The van der Waals surface area contributed by atoms with Gasteiger partial charge in [0.05, 0.1) is 10.4 Å². The third-order valence-corrected chi connectivity index (χ3v) is 2.47. The van der Waals surface area contributed by atoms with Crippen molar-refractivity contribution in [3.8, 4) is 11.8 Å². The minimum Gasteiger partial charge on any atom is -0.503 e. The molecule has 0 aliphatic carbocycles. The number of nitriles is 1. The summed E-state index contributed by atoms with van der Waals surface area (Å²) in [4.78, 5) is 35.2. The van der Waals surface area contributed by atoms with Gasteiger partial charge in [-0.15, -0.1) is 0 Å². The maximum absolute atomic E-state index is 11.7. The molecule has 0 saturated heterocycles. The van der Waals surface area contributed by atoms with Gasteiger partial charge in [-0.2, -0.15) is 5.26 Å². The Bertz CT molecular complexity index is 863. The van der Waals surface area contributed by atoms with Crippen LogP contribution in [0, 0.1) is 21.4 Å². The van der Waals surface area contributed by atoms with E-state index < -0.39 is 27.3 Å². The summed E-state index contributed by atoms with van der Waals surface area (Å²) >= 11 is 0. The molecule has 0 aliphatic rings. The molecule has 0 fully saturated rings. The Morgan fingerprint density at radius 1 is 1.32 bits per heavy atom. The molecule has 0 atom stereocenters. The van der Waals surface area contributed by atoms with Gasteiger partial charge in [-0.1, -0.05) is 0 Å². The number of benzene rings is 1. The average molecular weight is 259 g/mol. The highest BCUT2D eigenvalue weighted by atomic mass is 16.6. The minimum absolute atomic E-state index is 0.0976. The first-order chi connectivity index (χ1) is 8.93. The Hall–Kier alpha value is -3.21. The second-order valence-electron chi connectivity index (χ2n) is 3.63. The van der Waals surface area contributed by atoms with E-state index in [1.807, 2.05) is 0 Å². The van der Waals surface area contributed by atoms with Crippen molar-refractivity contribution >= 4 is 16.6 Å². The van der Waals surface area contributed by atoms with Crippen LogP contribution in [0.3, 0.4) is 0 Å². The molecule has 0 bridgehead atoms. The van der Waals surface area contributed by atoms with Crippen LogP contribution in [0.2, 0.25) is 0 Å². The largest absolute Gasteiger partial charge is 0.503 e. The molecule has 0 saturated carbocycles. The minimum atomic E-state index is -0.953. The van der Waals surface area contributed by atoms with Crippen LogP contribution < -0.4 is 11.0 Å². The number of fused-ring (bicyclic) bond motifs is 1. The van der Waals surface area contributed by atoms with Crippen molar-refractivity contribution in [1.29, 1.82) is 5.26 Å². The second-order valence-corrected chi connectivity index (χ2v) is 3.63.